The van der Waals surface area contributed by atoms with E-state index >= 15 is 0 Å². The molecule has 4 rings (SSSR count). The Labute approximate surface area is 162 Å². The molecule has 9 heteroatoms. The van der Waals surface area contributed by atoms with Gasteiger partial charge in [-0.1, -0.05) is 41.1 Å². The Morgan fingerprint density at radius 1 is 1.26 bits per heavy atom. The van der Waals surface area contributed by atoms with Gasteiger partial charge in [-0.15, -0.1) is 0 Å². The highest BCUT2D eigenvalue weighted by Crippen LogP contribution is 2.38. The summed E-state index contributed by atoms with van der Waals surface area (Å²) in [6.45, 7) is 0. The third-order valence-electron chi connectivity index (χ3n) is 3.88. The van der Waals surface area contributed by atoms with Gasteiger partial charge in [-0.3, -0.25) is 15.1 Å². The molecule has 0 saturated heterocycles. The molecular weight excluding hydrogens is 388 g/mol. The molecule has 0 fully saturated rings. The molecule has 0 unspecified atom stereocenters. The quantitative estimate of drug-likeness (QED) is 0.452. The van der Waals surface area contributed by atoms with Crippen LogP contribution in [0.4, 0.5) is 22.2 Å². The summed E-state index contributed by atoms with van der Waals surface area (Å²) < 4.78 is 0. The van der Waals surface area contributed by atoms with E-state index in [9.17, 15) is 15.2 Å². The summed E-state index contributed by atoms with van der Waals surface area (Å²) >= 11 is 7.31. The molecule has 0 spiro atoms. The number of hydrogen-bond donors (Lipinski definition) is 2. The van der Waals surface area contributed by atoms with Crippen molar-refractivity contribution >= 4 is 63.0 Å². The number of non-ortho nitro benzene ring substituents is 1. The van der Waals surface area contributed by atoms with E-state index in [4.69, 9.17) is 11.6 Å². The number of aromatic nitrogens is 1. The fraction of sp³-hybridized carbons (Fsp3) is 0. The number of allylic oxidation sites excluding steroid dienone is 1. The maximum absolute atomic E-state index is 10.8. The number of nitro groups is 1. The standard InChI is InChI=1S/C18H11ClN4O3S/c19-13-8-11(23(25)26)5-6-15(13)21-18-22-17(24)16(27-18)7-10-9-20-14-4-2-1-3-12(10)14/h1-9,24H,(H,21,22). The Hall–Kier alpha value is -3.23. The monoisotopic (exact) mass is 398 g/mol. The van der Waals surface area contributed by atoms with Crippen molar-refractivity contribution in [2.75, 3.05) is 5.32 Å². The minimum absolute atomic E-state index is 0.0999. The van der Waals surface area contributed by atoms with Gasteiger partial charge in [0.2, 0.25) is 5.88 Å². The molecule has 1 aliphatic rings. The zero-order chi connectivity index (χ0) is 19.0. The molecule has 2 aromatic carbocycles. The maximum atomic E-state index is 10.8. The predicted molar refractivity (Wildman–Crippen MR) is 108 cm³/mol. The van der Waals surface area contributed by atoms with Crippen molar-refractivity contribution < 1.29 is 10.0 Å². The molecule has 1 aliphatic heterocycles. The van der Waals surface area contributed by atoms with E-state index in [-0.39, 0.29) is 16.6 Å². The summed E-state index contributed by atoms with van der Waals surface area (Å²) in [6, 6.07) is 11.8. The van der Waals surface area contributed by atoms with Gasteiger partial charge in [0.1, 0.15) is 0 Å². The van der Waals surface area contributed by atoms with Gasteiger partial charge >= 0.3 is 0 Å². The van der Waals surface area contributed by atoms with Crippen molar-refractivity contribution in [2.45, 2.75) is 0 Å². The van der Waals surface area contributed by atoms with Crippen LogP contribution >= 0.6 is 22.9 Å². The first kappa shape index (κ1) is 17.2. The van der Waals surface area contributed by atoms with Crippen LogP contribution in [0.5, 0.6) is 5.88 Å². The van der Waals surface area contributed by atoms with Gasteiger partial charge in [0.15, 0.2) is 5.13 Å². The third-order valence-corrected chi connectivity index (χ3v) is 5.10. The van der Waals surface area contributed by atoms with Crippen LogP contribution in [0.25, 0.3) is 11.6 Å². The van der Waals surface area contributed by atoms with Crippen molar-refractivity contribution in [1.29, 1.82) is 0 Å². The number of nitrogens with one attached hydrogen (secondary N) is 1. The van der Waals surface area contributed by atoms with Crippen LogP contribution in [0.3, 0.4) is 0 Å². The van der Waals surface area contributed by atoms with Crippen molar-refractivity contribution in [2.24, 2.45) is 4.99 Å². The van der Waals surface area contributed by atoms with E-state index in [1.54, 1.807) is 6.21 Å². The van der Waals surface area contributed by atoms with Crippen LogP contribution in [0.15, 0.2) is 47.5 Å². The second-order valence-electron chi connectivity index (χ2n) is 5.63. The van der Waals surface area contributed by atoms with E-state index < -0.39 is 4.92 Å². The smallest absolute Gasteiger partial charge is 0.271 e. The van der Waals surface area contributed by atoms with Gasteiger partial charge in [-0.25, -0.2) is 0 Å². The SMILES string of the molecule is O=[N+]([O-])c1ccc(Nc2nc(O)c(C=C3C=Nc4ccccc43)s2)c(Cl)c1. The first-order valence-corrected chi connectivity index (χ1v) is 8.96. The Balaban J connectivity index is 1.61. The fourth-order valence-corrected chi connectivity index (χ4v) is 3.65. The molecule has 0 atom stereocenters. The zero-order valence-corrected chi connectivity index (χ0v) is 15.2. The number of thiazole rings is 1. The van der Waals surface area contributed by atoms with Crippen LogP contribution in [0, 0.1) is 10.1 Å². The summed E-state index contributed by atoms with van der Waals surface area (Å²) in [4.78, 5) is 19.3. The molecule has 1 aromatic heterocycles. The number of halogens is 1. The third kappa shape index (κ3) is 3.40. The average Bonchev–Trinajstić information content (AvgIpc) is 3.21. The summed E-state index contributed by atoms with van der Waals surface area (Å²) in [7, 11) is 0. The van der Waals surface area contributed by atoms with E-state index in [0.717, 1.165) is 16.8 Å². The molecule has 0 saturated carbocycles. The minimum atomic E-state index is -0.518. The zero-order valence-electron chi connectivity index (χ0n) is 13.6. The number of rotatable bonds is 4. The van der Waals surface area contributed by atoms with Crippen LogP contribution < -0.4 is 5.32 Å². The fourth-order valence-electron chi connectivity index (χ4n) is 2.60. The van der Waals surface area contributed by atoms with Gasteiger partial charge < -0.3 is 10.4 Å². The number of nitrogens with zero attached hydrogens (tertiary/aromatic N) is 3. The minimum Gasteiger partial charge on any atom is -0.492 e. The molecule has 3 aromatic rings. The normalized spacial score (nSPS) is 13.7. The lowest BCUT2D eigenvalue weighted by Gasteiger charge is -2.04. The lowest BCUT2D eigenvalue weighted by Crippen LogP contribution is -1.92. The lowest BCUT2D eigenvalue weighted by atomic mass is 10.1. The number of anilines is 2. The molecule has 2 N–H and O–H groups in total. The second kappa shape index (κ2) is 6.82. The van der Waals surface area contributed by atoms with Gasteiger partial charge in [-0.05, 0) is 18.2 Å². The Bertz CT molecular complexity index is 1120. The Morgan fingerprint density at radius 2 is 2.07 bits per heavy atom. The lowest BCUT2D eigenvalue weighted by molar-refractivity contribution is -0.384. The number of para-hydroxylation sites is 1. The van der Waals surface area contributed by atoms with Crippen LogP contribution in [-0.2, 0) is 0 Å². The Morgan fingerprint density at radius 3 is 2.85 bits per heavy atom. The molecule has 27 heavy (non-hydrogen) atoms. The molecule has 0 bridgehead atoms. The molecular formula is C18H11ClN4O3S. The van der Waals surface area contributed by atoms with Crippen molar-refractivity contribution in [3.05, 3.63) is 68.0 Å². The highest BCUT2D eigenvalue weighted by Gasteiger charge is 2.16. The van der Waals surface area contributed by atoms with Gasteiger partial charge in [0.05, 0.1) is 26.2 Å². The number of aromatic hydroxyl groups is 1. The number of nitro benzene ring substituents is 1. The predicted octanol–water partition coefficient (Wildman–Crippen LogP) is 5.41. The second-order valence-corrected chi connectivity index (χ2v) is 7.07. The maximum Gasteiger partial charge on any atom is 0.271 e. The van der Waals surface area contributed by atoms with Crippen LogP contribution in [-0.4, -0.2) is 21.2 Å². The first-order chi connectivity index (χ1) is 13.0. The van der Waals surface area contributed by atoms with Crippen molar-refractivity contribution in [3.8, 4) is 5.88 Å². The summed E-state index contributed by atoms with van der Waals surface area (Å²) in [5, 5.41) is 24.5. The molecule has 2 heterocycles. The van der Waals surface area contributed by atoms with E-state index in [0.29, 0.717) is 15.7 Å². The van der Waals surface area contributed by atoms with E-state index in [1.807, 2.05) is 30.3 Å². The molecule has 7 nitrogen and oxygen atoms in total. The highest BCUT2D eigenvalue weighted by molar-refractivity contribution is 7.16. The van der Waals surface area contributed by atoms with E-state index in [2.05, 4.69) is 15.3 Å². The molecule has 0 aliphatic carbocycles. The molecule has 134 valence electrons. The largest absolute Gasteiger partial charge is 0.492 e. The topological polar surface area (TPSA) is 101 Å². The average molecular weight is 399 g/mol. The number of hydrogen-bond acceptors (Lipinski definition) is 7. The number of benzene rings is 2. The summed E-state index contributed by atoms with van der Waals surface area (Å²) in [6.07, 6.45) is 3.55. The van der Waals surface area contributed by atoms with E-state index in [1.165, 1.54) is 29.5 Å². The Kier molecular flexibility index (Phi) is 4.35. The first-order valence-electron chi connectivity index (χ1n) is 7.77. The number of fused-ring (bicyclic) bond motifs is 1. The van der Waals surface area contributed by atoms with Gasteiger partial charge in [0, 0.05) is 29.5 Å². The van der Waals surface area contributed by atoms with Crippen LogP contribution in [0.2, 0.25) is 5.02 Å². The molecule has 0 amide bonds. The molecule has 0 radical (unpaired) electrons. The number of aliphatic imine (C=N–C) groups is 1. The summed E-state index contributed by atoms with van der Waals surface area (Å²) in [5.41, 5.74) is 3.10. The summed E-state index contributed by atoms with van der Waals surface area (Å²) in [5.74, 6) is -0.120. The van der Waals surface area contributed by atoms with Crippen molar-refractivity contribution in [1.82, 2.24) is 4.98 Å². The van der Waals surface area contributed by atoms with Gasteiger partial charge in [-0.2, -0.15) is 4.98 Å². The van der Waals surface area contributed by atoms with Gasteiger partial charge in [0.25, 0.3) is 5.69 Å². The van der Waals surface area contributed by atoms with Crippen LogP contribution in [0.1, 0.15) is 10.4 Å². The highest BCUT2D eigenvalue weighted by atomic mass is 35.5. The van der Waals surface area contributed by atoms with Crippen molar-refractivity contribution in [3.63, 3.8) is 0 Å².